The quantitative estimate of drug-likeness (QED) is 0.720. The van der Waals surface area contributed by atoms with Crippen molar-refractivity contribution in [3.05, 3.63) is 16.1 Å². The molecule has 1 aromatic heterocycles. The summed E-state index contributed by atoms with van der Waals surface area (Å²) in [6.45, 7) is 1.61. The van der Waals surface area contributed by atoms with Gasteiger partial charge in [0, 0.05) is 30.3 Å². The summed E-state index contributed by atoms with van der Waals surface area (Å²) in [5, 5.41) is 5.96. The summed E-state index contributed by atoms with van der Waals surface area (Å²) < 4.78 is 0. The van der Waals surface area contributed by atoms with Crippen molar-refractivity contribution >= 4 is 23.2 Å². The number of terminal acetylenes is 1. The average Bonchev–Trinajstić information content (AvgIpc) is 3.30. The van der Waals surface area contributed by atoms with Crippen molar-refractivity contribution in [2.45, 2.75) is 88.5 Å². The van der Waals surface area contributed by atoms with E-state index in [4.69, 9.17) is 6.42 Å². The van der Waals surface area contributed by atoms with E-state index in [9.17, 15) is 9.59 Å². The van der Waals surface area contributed by atoms with Crippen molar-refractivity contribution < 1.29 is 9.59 Å². The third-order valence-corrected chi connectivity index (χ3v) is 8.21. The predicted octanol–water partition coefficient (Wildman–Crippen LogP) is 4.50. The second-order valence-corrected chi connectivity index (χ2v) is 10.1. The molecule has 6 heteroatoms. The molecule has 2 aliphatic carbocycles. The first-order valence-electron chi connectivity index (χ1n) is 11.6. The molecule has 0 aromatic carbocycles. The molecule has 0 bridgehead atoms. The maximum atomic E-state index is 12.8. The number of aromatic nitrogens is 1. The lowest BCUT2D eigenvalue weighted by atomic mass is 9.82. The van der Waals surface area contributed by atoms with E-state index >= 15 is 0 Å². The minimum Gasteiger partial charge on any atom is -0.342 e. The van der Waals surface area contributed by atoms with E-state index in [1.54, 1.807) is 11.3 Å². The number of nitrogens with zero attached hydrogens (tertiary/aromatic N) is 2. The van der Waals surface area contributed by atoms with Crippen LogP contribution in [0.5, 0.6) is 0 Å². The van der Waals surface area contributed by atoms with Gasteiger partial charge in [-0.05, 0) is 38.5 Å². The molecule has 162 valence electrons. The summed E-state index contributed by atoms with van der Waals surface area (Å²) in [5.41, 5.74) is -0.0277. The van der Waals surface area contributed by atoms with Gasteiger partial charge in [0.15, 0.2) is 0 Å². The molecule has 1 aliphatic heterocycles. The van der Waals surface area contributed by atoms with Crippen molar-refractivity contribution in [2.24, 2.45) is 5.92 Å². The zero-order chi connectivity index (χ0) is 21.0. The largest absolute Gasteiger partial charge is 0.342 e. The van der Waals surface area contributed by atoms with Crippen LogP contribution in [0.3, 0.4) is 0 Å². The predicted molar refractivity (Wildman–Crippen MR) is 119 cm³/mol. The van der Waals surface area contributed by atoms with Crippen LogP contribution in [0.2, 0.25) is 0 Å². The molecule has 0 spiro atoms. The monoisotopic (exact) mass is 427 g/mol. The van der Waals surface area contributed by atoms with Gasteiger partial charge in [0.1, 0.15) is 11.2 Å². The lowest BCUT2D eigenvalue weighted by Crippen LogP contribution is -2.48. The molecule has 1 saturated heterocycles. The minimum atomic E-state index is -0.510. The molecular weight excluding hydrogens is 394 g/mol. The van der Waals surface area contributed by atoms with E-state index in [1.165, 1.54) is 25.7 Å². The Labute approximate surface area is 184 Å². The van der Waals surface area contributed by atoms with Crippen molar-refractivity contribution in [3.63, 3.8) is 0 Å². The highest BCUT2D eigenvalue weighted by molar-refractivity contribution is 7.09. The highest BCUT2D eigenvalue weighted by atomic mass is 32.1. The van der Waals surface area contributed by atoms with Crippen LogP contribution < -0.4 is 5.32 Å². The lowest BCUT2D eigenvalue weighted by Gasteiger charge is -2.34. The van der Waals surface area contributed by atoms with E-state index in [1.807, 2.05) is 5.38 Å². The third-order valence-electron chi connectivity index (χ3n) is 7.20. The number of likely N-dealkylation sites (tertiary alicyclic amines) is 1. The number of thiazole rings is 1. The van der Waals surface area contributed by atoms with Crippen LogP contribution in [0, 0.1) is 18.3 Å². The van der Waals surface area contributed by atoms with Crippen LogP contribution in [-0.4, -0.2) is 40.3 Å². The number of carbonyl (C=O) groups excluding carboxylic acids is 2. The SMILES string of the molecule is C#CC1(NC(=O)c2csc(C3CCN(C(=O)C4CCCCC4)CC3)n2)CCCCC1. The highest BCUT2D eigenvalue weighted by Gasteiger charge is 2.33. The topological polar surface area (TPSA) is 62.3 Å². The van der Waals surface area contributed by atoms with E-state index in [0.29, 0.717) is 17.5 Å². The van der Waals surface area contributed by atoms with Gasteiger partial charge in [0.05, 0.1) is 5.01 Å². The van der Waals surface area contributed by atoms with Crippen LogP contribution in [0.4, 0.5) is 0 Å². The molecule has 2 heterocycles. The number of nitrogens with one attached hydrogen (secondary N) is 1. The van der Waals surface area contributed by atoms with Gasteiger partial charge in [-0.2, -0.15) is 0 Å². The van der Waals surface area contributed by atoms with Gasteiger partial charge in [0.25, 0.3) is 5.91 Å². The number of carbonyl (C=O) groups is 2. The Morgan fingerprint density at radius 1 is 1.07 bits per heavy atom. The van der Waals surface area contributed by atoms with Crippen LogP contribution in [-0.2, 0) is 4.79 Å². The second kappa shape index (κ2) is 9.51. The van der Waals surface area contributed by atoms with E-state index in [2.05, 4.69) is 21.1 Å². The van der Waals surface area contributed by atoms with E-state index in [-0.39, 0.29) is 11.8 Å². The Balaban J connectivity index is 1.32. The van der Waals surface area contributed by atoms with Gasteiger partial charge in [0.2, 0.25) is 5.91 Å². The second-order valence-electron chi connectivity index (χ2n) is 9.25. The molecule has 30 heavy (non-hydrogen) atoms. The molecule has 1 N–H and O–H groups in total. The molecule has 2 amide bonds. The molecule has 3 fully saturated rings. The number of hydrogen-bond acceptors (Lipinski definition) is 4. The molecule has 1 aromatic rings. The molecule has 0 atom stereocenters. The lowest BCUT2D eigenvalue weighted by molar-refractivity contribution is -0.137. The van der Waals surface area contributed by atoms with Crippen molar-refractivity contribution in [3.8, 4) is 12.3 Å². The number of piperidine rings is 1. The Morgan fingerprint density at radius 2 is 1.73 bits per heavy atom. The maximum Gasteiger partial charge on any atom is 0.271 e. The molecule has 5 nitrogen and oxygen atoms in total. The van der Waals surface area contributed by atoms with Gasteiger partial charge in [-0.3, -0.25) is 9.59 Å². The summed E-state index contributed by atoms with van der Waals surface area (Å²) in [6.07, 6.45) is 18.4. The van der Waals surface area contributed by atoms with Crippen molar-refractivity contribution in [1.82, 2.24) is 15.2 Å². The summed E-state index contributed by atoms with van der Waals surface area (Å²) in [6, 6.07) is 0. The van der Waals surface area contributed by atoms with Gasteiger partial charge in [-0.25, -0.2) is 4.98 Å². The Kier molecular flexibility index (Phi) is 6.77. The minimum absolute atomic E-state index is 0.151. The van der Waals surface area contributed by atoms with E-state index in [0.717, 1.165) is 69.5 Å². The molecule has 4 rings (SSSR count). The van der Waals surface area contributed by atoms with Crippen LogP contribution in [0.1, 0.15) is 98.5 Å². The first kappa shape index (κ1) is 21.4. The fraction of sp³-hybridized carbons (Fsp3) is 0.708. The van der Waals surface area contributed by atoms with Gasteiger partial charge >= 0.3 is 0 Å². The summed E-state index contributed by atoms with van der Waals surface area (Å²) in [7, 11) is 0. The van der Waals surface area contributed by atoms with Gasteiger partial charge in [-0.1, -0.05) is 44.4 Å². The number of hydrogen-bond donors (Lipinski definition) is 1. The smallest absolute Gasteiger partial charge is 0.271 e. The Hall–Kier alpha value is -1.87. The first-order chi connectivity index (χ1) is 14.6. The summed E-state index contributed by atoms with van der Waals surface area (Å²) in [4.78, 5) is 32.3. The maximum absolute atomic E-state index is 12.8. The number of amides is 2. The van der Waals surface area contributed by atoms with E-state index < -0.39 is 5.54 Å². The zero-order valence-corrected chi connectivity index (χ0v) is 18.6. The van der Waals surface area contributed by atoms with Crippen molar-refractivity contribution in [1.29, 1.82) is 0 Å². The van der Waals surface area contributed by atoms with Crippen LogP contribution in [0.25, 0.3) is 0 Å². The van der Waals surface area contributed by atoms with Gasteiger partial charge < -0.3 is 10.2 Å². The molecule has 0 unspecified atom stereocenters. The Bertz CT molecular complexity index is 792. The summed E-state index contributed by atoms with van der Waals surface area (Å²) >= 11 is 1.56. The number of rotatable bonds is 4. The first-order valence-corrected chi connectivity index (χ1v) is 12.5. The fourth-order valence-electron chi connectivity index (χ4n) is 5.28. The average molecular weight is 428 g/mol. The fourth-order valence-corrected chi connectivity index (χ4v) is 6.25. The molecular formula is C24H33N3O2S. The summed E-state index contributed by atoms with van der Waals surface area (Å²) in [5.74, 6) is 3.63. The highest BCUT2D eigenvalue weighted by Crippen LogP contribution is 2.33. The van der Waals surface area contributed by atoms with Gasteiger partial charge in [-0.15, -0.1) is 17.8 Å². The van der Waals surface area contributed by atoms with Crippen molar-refractivity contribution in [2.75, 3.05) is 13.1 Å². The normalized spacial score (nSPS) is 23.0. The van der Waals surface area contributed by atoms with Crippen LogP contribution in [0.15, 0.2) is 5.38 Å². The molecule has 3 aliphatic rings. The third kappa shape index (κ3) is 4.72. The molecule has 2 saturated carbocycles. The molecule has 0 radical (unpaired) electrons. The van der Waals surface area contributed by atoms with Crippen LogP contribution >= 0.6 is 11.3 Å². The standard InChI is InChI=1S/C24H33N3O2S/c1-2-24(13-7-4-8-14-24)26-21(28)20-17-30-22(25-20)18-11-15-27(16-12-18)23(29)19-9-5-3-6-10-19/h1,17-19H,3-16H2,(H,26,28). The Morgan fingerprint density at radius 3 is 2.40 bits per heavy atom. The zero-order valence-electron chi connectivity index (χ0n) is 17.8.